The van der Waals surface area contributed by atoms with E-state index < -0.39 is 10.7 Å². The monoisotopic (exact) mass is 489 g/mol. The van der Waals surface area contributed by atoms with E-state index in [0.717, 1.165) is 9.60 Å². The zero-order valence-corrected chi connectivity index (χ0v) is 19.4. The van der Waals surface area contributed by atoms with Gasteiger partial charge in [-0.25, -0.2) is 4.79 Å². The number of hydrogen-bond acceptors (Lipinski definition) is 3. The Morgan fingerprint density at radius 3 is 2.61 bits per heavy atom. The number of aromatic nitrogens is 1. The molecule has 2 amide bonds. The van der Waals surface area contributed by atoms with Crippen LogP contribution in [0.15, 0.2) is 75.9 Å². The average molecular weight is 490 g/mol. The molecule has 2 aromatic heterocycles. The number of rotatable bonds is 4. The molecule has 0 saturated carbocycles. The summed E-state index contributed by atoms with van der Waals surface area (Å²) in [5.41, 5.74) is 0.901. The first kappa shape index (κ1) is 21.6. The van der Waals surface area contributed by atoms with Crippen molar-refractivity contribution in [1.29, 1.82) is 0 Å². The van der Waals surface area contributed by atoms with Gasteiger partial charge in [0, 0.05) is 17.3 Å². The zero-order valence-electron chi connectivity index (χ0n) is 16.3. The summed E-state index contributed by atoms with van der Waals surface area (Å²) < 4.78 is 6.05. The molecule has 5 nitrogen and oxygen atoms in total. The molecule has 2 N–H and O–H groups in total. The highest BCUT2D eigenvalue weighted by Crippen LogP contribution is 2.33. The molecule has 0 fully saturated rings. The second kappa shape index (κ2) is 9.28. The lowest BCUT2D eigenvalue weighted by molar-refractivity contribution is 0.257. The van der Waals surface area contributed by atoms with Gasteiger partial charge in [-0.1, -0.05) is 52.1 Å². The molecule has 0 radical (unpaired) electrons. The van der Waals surface area contributed by atoms with Crippen LogP contribution in [0.2, 0.25) is 9.36 Å². The lowest BCUT2D eigenvalue weighted by Gasteiger charge is -2.13. The molecule has 2 aromatic carbocycles. The van der Waals surface area contributed by atoms with E-state index in [2.05, 4.69) is 10.0 Å². The minimum Gasteiger partial charge on any atom is -0.307 e. The number of thiophene rings is 1. The highest BCUT2D eigenvalue weighted by Gasteiger charge is 2.11. The van der Waals surface area contributed by atoms with Crippen molar-refractivity contribution in [2.45, 2.75) is 11.1 Å². The second-order valence-electron chi connectivity index (χ2n) is 6.43. The van der Waals surface area contributed by atoms with E-state index in [1.54, 1.807) is 36.5 Å². The van der Waals surface area contributed by atoms with Crippen molar-refractivity contribution >= 4 is 73.1 Å². The quantitative estimate of drug-likeness (QED) is 0.319. The average Bonchev–Trinajstić information content (AvgIpc) is 3.19. The van der Waals surface area contributed by atoms with Crippen molar-refractivity contribution in [3.8, 4) is 5.69 Å². The molecule has 0 aliphatic rings. The van der Waals surface area contributed by atoms with Crippen molar-refractivity contribution in [1.82, 2.24) is 9.29 Å². The summed E-state index contributed by atoms with van der Waals surface area (Å²) in [6, 6.07) is 17.6. The molecule has 2 heterocycles. The zero-order chi connectivity index (χ0) is 22.0. The summed E-state index contributed by atoms with van der Waals surface area (Å²) in [5.74, 6) is 0. The Bertz CT molecular complexity index is 1380. The largest absolute Gasteiger partial charge is 0.329 e. The van der Waals surface area contributed by atoms with Gasteiger partial charge in [0.05, 0.1) is 19.3 Å². The summed E-state index contributed by atoms with van der Waals surface area (Å²) in [4.78, 5) is 25.3. The van der Waals surface area contributed by atoms with E-state index in [-0.39, 0.29) is 11.6 Å². The van der Waals surface area contributed by atoms with E-state index in [4.69, 9.17) is 23.2 Å². The molecule has 4 rings (SSSR count). The summed E-state index contributed by atoms with van der Waals surface area (Å²) in [7, 11) is -0.565. The van der Waals surface area contributed by atoms with Gasteiger partial charge in [-0.2, -0.15) is 0 Å². The van der Waals surface area contributed by atoms with Crippen molar-refractivity contribution in [2.75, 3.05) is 5.32 Å². The first-order valence-corrected chi connectivity index (χ1v) is 12.1. The van der Waals surface area contributed by atoms with Crippen molar-refractivity contribution in [2.24, 2.45) is 0 Å². The Hall–Kier alpha value is -2.58. The number of fused-ring (bicyclic) bond motifs is 1. The van der Waals surface area contributed by atoms with Crippen molar-refractivity contribution in [3.63, 3.8) is 0 Å². The number of nitrogens with one attached hydrogen (secondary N) is 2. The lowest BCUT2D eigenvalue weighted by Crippen LogP contribution is -2.24. The number of pyridine rings is 1. The van der Waals surface area contributed by atoms with Gasteiger partial charge in [0.2, 0.25) is 0 Å². The molecule has 31 heavy (non-hydrogen) atoms. The summed E-state index contributed by atoms with van der Waals surface area (Å²) in [5, 5.41) is 6.51. The smallest absolute Gasteiger partial charge is 0.307 e. The Labute approximate surface area is 195 Å². The number of benzene rings is 2. The summed E-state index contributed by atoms with van der Waals surface area (Å²) >= 11 is 13.9. The number of urea groups is 1. The molecule has 0 saturated heterocycles. The second-order valence-corrected chi connectivity index (χ2v) is 10.6. The molecule has 1 unspecified atom stereocenters. The third kappa shape index (κ3) is 4.70. The number of anilines is 1. The van der Waals surface area contributed by atoms with Gasteiger partial charge >= 0.3 is 6.03 Å². The minimum atomic E-state index is -0.565. The molecular formula is C22H17Cl2N3O2S2. The number of nitrogens with zero attached hydrogens (tertiary/aromatic N) is 1. The maximum absolute atomic E-state index is 12.8. The van der Waals surface area contributed by atoms with Gasteiger partial charge in [-0.05, 0) is 60.1 Å². The molecule has 0 spiro atoms. The summed E-state index contributed by atoms with van der Waals surface area (Å²) in [6.07, 6.45) is 1.70. The van der Waals surface area contributed by atoms with Gasteiger partial charge in [0.1, 0.15) is 0 Å². The van der Waals surface area contributed by atoms with Crippen LogP contribution in [0, 0.1) is 0 Å². The standard InChI is InChI=1S/C22H17Cl2N3O2S2/c1-2-31(20-10-9-19(24)30-20)26-22(29)25-15-7-8-18(17(23)13-15)27-12-11-14-5-3-4-6-16(14)21(27)28/h2-13H,1H3,(H2,25,26,29). The molecule has 4 aromatic rings. The Morgan fingerprint density at radius 2 is 1.90 bits per heavy atom. The number of halogens is 2. The SMILES string of the molecule is C/C=S(\NC(=O)Nc1ccc(-n2ccc3ccccc3c2=O)c(Cl)c1)c1ccc(Cl)s1. The van der Waals surface area contributed by atoms with Crippen LogP contribution in [0.1, 0.15) is 6.92 Å². The first-order valence-electron chi connectivity index (χ1n) is 9.22. The molecule has 9 heteroatoms. The van der Waals surface area contributed by atoms with Crippen LogP contribution < -0.4 is 15.6 Å². The fraction of sp³-hybridized carbons (Fsp3) is 0.0455. The minimum absolute atomic E-state index is 0.157. The highest BCUT2D eigenvalue weighted by atomic mass is 35.5. The van der Waals surface area contributed by atoms with Crippen LogP contribution in [0.3, 0.4) is 0 Å². The molecule has 0 aliphatic heterocycles. The maximum atomic E-state index is 12.8. The number of hydrogen-bond donors (Lipinski definition) is 2. The number of carbonyl (C=O) groups excluding carboxylic acids is 1. The van der Waals surface area contributed by atoms with Gasteiger partial charge in [-0.3, -0.25) is 14.1 Å². The van der Waals surface area contributed by atoms with Gasteiger partial charge in [-0.15, -0.1) is 11.3 Å². The van der Waals surface area contributed by atoms with Crippen LogP contribution in [0.4, 0.5) is 10.5 Å². The van der Waals surface area contributed by atoms with Gasteiger partial charge in [0.25, 0.3) is 5.56 Å². The van der Waals surface area contributed by atoms with Crippen molar-refractivity contribution < 1.29 is 4.79 Å². The highest BCUT2D eigenvalue weighted by molar-refractivity contribution is 8.15. The fourth-order valence-corrected chi connectivity index (χ4v) is 6.20. The maximum Gasteiger partial charge on any atom is 0.329 e. The number of carbonyl (C=O) groups is 1. The Morgan fingerprint density at radius 1 is 1.10 bits per heavy atom. The molecule has 158 valence electrons. The van der Waals surface area contributed by atoms with E-state index in [1.807, 2.05) is 42.6 Å². The molecule has 0 bridgehead atoms. The summed E-state index contributed by atoms with van der Waals surface area (Å²) in [6.45, 7) is 1.88. The topological polar surface area (TPSA) is 63.1 Å². The van der Waals surface area contributed by atoms with Gasteiger partial charge in [0.15, 0.2) is 0 Å². The van der Waals surface area contributed by atoms with E-state index >= 15 is 0 Å². The van der Waals surface area contributed by atoms with Crippen LogP contribution in [-0.2, 0) is 0 Å². The number of amides is 2. The lowest BCUT2D eigenvalue weighted by atomic mass is 10.1. The molecular weight excluding hydrogens is 473 g/mol. The van der Waals surface area contributed by atoms with Crippen LogP contribution in [-0.4, -0.2) is 16.0 Å². The Balaban J connectivity index is 1.55. The van der Waals surface area contributed by atoms with Crippen LogP contribution >= 0.6 is 45.2 Å². The molecule has 1 atom stereocenters. The third-order valence-corrected chi connectivity index (χ3v) is 8.05. The van der Waals surface area contributed by atoms with E-state index in [9.17, 15) is 9.59 Å². The Kier molecular flexibility index (Phi) is 6.48. The van der Waals surface area contributed by atoms with Gasteiger partial charge < -0.3 is 5.32 Å². The predicted octanol–water partition coefficient (Wildman–Crippen LogP) is 6.55. The van der Waals surface area contributed by atoms with Crippen molar-refractivity contribution in [3.05, 3.63) is 86.6 Å². The van der Waals surface area contributed by atoms with E-state index in [0.29, 0.717) is 26.1 Å². The first-order chi connectivity index (χ1) is 15.0. The van der Waals surface area contributed by atoms with Crippen LogP contribution in [0.25, 0.3) is 16.5 Å². The van der Waals surface area contributed by atoms with Crippen LogP contribution in [0.5, 0.6) is 0 Å². The normalized spacial score (nSPS) is 12.1. The predicted molar refractivity (Wildman–Crippen MR) is 134 cm³/mol. The fourth-order valence-electron chi connectivity index (χ4n) is 3.06. The van der Waals surface area contributed by atoms with E-state index in [1.165, 1.54) is 15.9 Å². The third-order valence-electron chi connectivity index (χ3n) is 4.48. The molecule has 0 aliphatic carbocycles.